The lowest BCUT2D eigenvalue weighted by Crippen LogP contribution is -2.37. The molecule has 0 rings (SSSR count). The third kappa shape index (κ3) is 3.30. The molecule has 68 valence electrons. The summed E-state index contributed by atoms with van der Waals surface area (Å²) in [5.41, 5.74) is -5.23. The van der Waals surface area contributed by atoms with Gasteiger partial charge in [-0.15, -0.1) is 0 Å². The minimum absolute atomic E-state index is 0.0231. The summed E-state index contributed by atoms with van der Waals surface area (Å²) in [5, 5.41) is 0. The van der Waals surface area contributed by atoms with E-state index < -0.39 is 15.5 Å². The van der Waals surface area contributed by atoms with E-state index in [2.05, 4.69) is 12.6 Å². The zero-order valence-corrected chi connectivity index (χ0v) is 6.93. The fourth-order valence-corrected chi connectivity index (χ4v) is 1.06. The Balaban J connectivity index is 4.26. The van der Waals surface area contributed by atoms with E-state index in [1.165, 1.54) is 4.72 Å². The SMILES string of the molecule is O=S(=O)(NCCS)C(F)(F)F. The van der Waals surface area contributed by atoms with Crippen LogP contribution in [0.2, 0.25) is 0 Å². The number of rotatable bonds is 3. The van der Waals surface area contributed by atoms with Gasteiger partial charge in [0, 0.05) is 12.3 Å². The van der Waals surface area contributed by atoms with Crippen LogP contribution in [0.1, 0.15) is 0 Å². The maximum absolute atomic E-state index is 11.5. The Morgan fingerprint density at radius 1 is 1.36 bits per heavy atom. The summed E-state index contributed by atoms with van der Waals surface area (Å²) in [7, 11) is -5.16. The molecule has 0 fully saturated rings. The summed E-state index contributed by atoms with van der Waals surface area (Å²) in [6.45, 7) is -0.328. The third-order valence-electron chi connectivity index (χ3n) is 0.709. The number of nitrogens with one attached hydrogen (secondary N) is 1. The molecular weight excluding hydrogens is 203 g/mol. The third-order valence-corrected chi connectivity index (χ3v) is 2.13. The topological polar surface area (TPSA) is 46.2 Å². The summed E-state index contributed by atoms with van der Waals surface area (Å²) in [5.74, 6) is 0.0231. The maximum atomic E-state index is 11.5. The first-order chi connectivity index (χ1) is 4.81. The number of halogens is 3. The number of thiol groups is 1. The number of alkyl halides is 3. The van der Waals surface area contributed by atoms with Crippen molar-refractivity contribution in [1.29, 1.82) is 0 Å². The molecule has 8 heteroatoms. The van der Waals surface area contributed by atoms with E-state index in [4.69, 9.17) is 0 Å². The molecule has 1 N–H and O–H groups in total. The molecule has 0 atom stereocenters. The lowest BCUT2D eigenvalue weighted by molar-refractivity contribution is -0.0447. The van der Waals surface area contributed by atoms with Crippen molar-refractivity contribution in [2.45, 2.75) is 5.51 Å². The molecule has 0 saturated heterocycles. The minimum atomic E-state index is -5.23. The first-order valence-electron chi connectivity index (χ1n) is 2.48. The van der Waals surface area contributed by atoms with Crippen LogP contribution in [0.5, 0.6) is 0 Å². The van der Waals surface area contributed by atoms with Crippen LogP contribution < -0.4 is 4.72 Å². The van der Waals surface area contributed by atoms with E-state index >= 15 is 0 Å². The van der Waals surface area contributed by atoms with Crippen molar-refractivity contribution in [3.8, 4) is 0 Å². The zero-order valence-electron chi connectivity index (χ0n) is 5.22. The summed E-state index contributed by atoms with van der Waals surface area (Å²) in [6, 6.07) is 0. The monoisotopic (exact) mass is 209 g/mol. The molecule has 3 nitrogen and oxygen atoms in total. The summed E-state index contributed by atoms with van der Waals surface area (Å²) in [4.78, 5) is 0. The Hall–Kier alpha value is 0.0500. The fourth-order valence-electron chi connectivity index (χ4n) is 0.262. The van der Waals surface area contributed by atoms with Crippen molar-refractivity contribution in [3.05, 3.63) is 0 Å². The van der Waals surface area contributed by atoms with Crippen LogP contribution in [0.15, 0.2) is 0 Å². The van der Waals surface area contributed by atoms with E-state index in [0.29, 0.717) is 0 Å². The molecule has 11 heavy (non-hydrogen) atoms. The minimum Gasteiger partial charge on any atom is -0.207 e. The largest absolute Gasteiger partial charge is 0.511 e. The molecular formula is C3H6F3NO2S2. The summed E-state index contributed by atoms with van der Waals surface area (Å²) >= 11 is 3.53. The van der Waals surface area contributed by atoms with Crippen LogP contribution in [0.4, 0.5) is 13.2 Å². The van der Waals surface area contributed by atoms with Crippen molar-refractivity contribution in [1.82, 2.24) is 4.72 Å². The first-order valence-corrected chi connectivity index (χ1v) is 4.59. The fraction of sp³-hybridized carbons (Fsp3) is 1.00. The lowest BCUT2D eigenvalue weighted by Gasteiger charge is -2.07. The van der Waals surface area contributed by atoms with Crippen molar-refractivity contribution < 1.29 is 21.6 Å². The molecule has 0 radical (unpaired) electrons. The normalized spacial score (nSPS) is 13.5. The molecule has 0 amide bonds. The highest BCUT2D eigenvalue weighted by Crippen LogP contribution is 2.21. The molecule has 0 aromatic carbocycles. The standard InChI is InChI=1S/C3H6F3NO2S2/c4-3(5,6)11(8,9)7-1-2-10/h7,10H,1-2H2. The number of hydrogen-bond acceptors (Lipinski definition) is 3. The first kappa shape index (κ1) is 11.1. The van der Waals surface area contributed by atoms with E-state index in [-0.39, 0.29) is 12.3 Å². The molecule has 0 spiro atoms. The Morgan fingerprint density at radius 2 is 1.82 bits per heavy atom. The van der Waals surface area contributed by atoms with E-state index in [1.54, 1.807) is 0 Å². The van der Waals surface area contributed by atoms with Gasteiger partial charge in [0.2, 0.25) is 0 Å². The average Bonchev–Trinajstić information content (AvgIpc) is 1.81. The average molecular weight is 209 g/mol. The second-order valence-electron chi connectivity index (χ2n) is 1.57. The van der Waals surface area contributed by atoms with Gasteiger partial charge in [0.05, 0.1) is 0 Å². The molecule has 0 aliphatic heterocycles. The highest BCUT2D eigenvalue weighted by atomic mass is 32.2. The van der Waals surface area contributed by atoms with Crippen LogP contribution in [0.25, 0.3) is 0 Å². The summed E-state index contributed by atoms with van der Waals surface area (Å²) in [6.07, 6.45) is 0. The van der Waals surface area contributed by atoms with Gasteiger partial charge >= 0.3 is 15.5 Å². The summed E-state index contributed by atoms with van der Waals surface area (Å²) < 4.78 is 56.0. The maximum Gasteiger partial charge on any atom is 0.511 e. The van der Waals surface area contributed by atoms with Crippen molar-refractivity contribution in [3.63, 3.8) is 0 Å². The highest BCUT2D eigenvalue weighted by Gasteiger charge is 2.45. The Bertz CT molecular complexity index is 209. The van der Waals surface area contributed by atoms with E-state index in [0.717, 1.165) is 0 Å². The van der Waals surface area contributed by atoms with Crippen LogP contribution in [-0.4, -0.2) is 26.2 Å². The molecule has 0 aliphatic carbocycles. The van der Waals surface area contributed by atoms with Crippen LogP contribution in [0.3, 0.4) is 0 Å². The smallest absolute Gasteiger partial charge is 0.207 e. The molecule has 0 bridgehead atoms. The van der Waals surface area contributed by atoms with Gasteiger partial charge in [-0.1, -0.05) is 0 Å². The zero-order chi connectivity index (χ0) is 9.12. The Kier molecular flexibility index (Phi) is 3.65. The number of hydrogen-bond donors (Lipinski definition) is 2. The van der Waals surface area contributed by atoms with Gasteiger partial charge in [0.1, 0.15) is 0 Å². The van der Waals surface area contributed by atoms with Crippen LogP contribution >= 0.6 is 12.6 Å². The van der Waals surface area contributed by atoms with Gasteiger partial charge in [-0.3, -0.25) is 0 Å². The van der Waals surface area contributed by atoms with Gasteiger partial charge in [0.25, 0.3) is 0 Å². The van der Waals surface area contributed by atoms with Gasteiger partial charge in [0.15, 0.2) is 0 Å². The van der Waals surface area contributed by atoms with Gasteiger partial charge in [-0.05, 0) is 0 Å². The molecule has 0 aromatic rings. The Labute approximate surface area is 67.4 Å². The lowest BCUT2D eigenvalue weighted by atomic mass is 10.8. The number of sulfonamides is 1. The quantitative estimate of drug-likeness (QED) is 0.659. The van der Waals surface area contributed by atoms with Crippen molar-refractivity contribution >= 4 is 22.7 Å². The predicted molar refractivity (Wildman–Crippen MR) is 36.8 cm³/mol. The van der Waals surface area contributed by atoms with E-state index in [9.17, 15) is 21.6 Å². The molecule has 0 heterocycles. The molecule has 0 aliphatic rings. The van der Waals surface area contributed by atoms with Gasteiger partial charge in [-0.2, -0.15) is 25.8 Å². The predicted octanol–water partition coefficient (Wildman–Crippen LogP) is 0.355. The second kappa shape index (κ2) is 3.63. The highest BCUT2D eigenvalue weighted by molar-refractivity contribution is 7.90. The van der Waals surface area contributed by atoms with E-state index in [1.807, 2.05) is 0 Å². The molecule has 0 unspecified atom stereocenters. The molecule has 0 aromatic heterocycles. The van der Waals surface area contributed by atoms with Gasteiger partial charge in [-0.25, -0.2) is 13.1 Å². The van der Waals surface area contributed by atoms with Crippen molar-refractivity contribution in [2.75, 3.05) is 12.3 Å². The van der Waals surface area contributed by atoms with Gasteiger partial charge < -0.3 is 0 Å². The van der Waals surface area contributed by atoms with Crippen LogP contribution in [-0.2, 0) is 10.0 Å². The van der Waals surface area contributed by atoms with Crippen LogP contribution in [0, 0.1) is 0 Å². The second-order valence-corrected chi connectivity index (χ2v) is 3.77. The molecule has 0 saturated carbocycles. The van der Waals surface area contributed by atoms with Crippen molar-refractivity contribution in [2.24, 2.45) is 0 Å². The Morgan fingerprint density at radius 3 is 2.09 bits per heavy atom.